The van der Waals surface area contributed by atoms with Gasteiger partial charge in [-0.3, -0.25) is 4.79 Å². The van der Waals surface area contributed by atoms with Crippen LogP contribution in [-0.2, 0) is 4.79 Å². The van der Waals surface area contributed by atoms with Crippen molar-refractivity contribution in [2.45, 2.75) is 24.7 Å². The third-order valence-corrected chi connectivity index (χ3v) is 3.25. The first-order valence-electron chi connectivity index (χ1n) is 5.52. The van der Waals surface area contributed by atoms with Crippen LogP contribution in [0.1, 0.15) is 25.5 Å². The molecule has 1 aromatic carbocycles. The summed E-state index contributed by atoms with van der Waals surface area (Å²) < 4.78 is 5.31. The number of nitrogens with zero attached hydrogens (tertiary/aromatic N) is 1. The van der Waals surface area contributed by atoms with Crippen molar-refractivity contribution in [1.82, 2.24) is 4.90 Å². The van der Waals surface area contributed by atoms with Gasteiger partial charge >= 0.3 is 0 Å². The average molecular weight is 300 g/mol. The molecule has 0 bridgehead atoms. The predicted molar refractivity (Wildman–Crippen MR) is 72.6 cm³/mol. The lowest BCUT2D eigenvalue weighted by Gasteiger charge is -2.27. The molecule has 1 amide bonds. The van der Waals surface area contributed by atoms with Crippen molar-refractivity contribution in [3.05, 3.63) is 29.8 Å². The quantitative estimate of drug-likeness (QED) is 0.800. The number of carbonyl (C=O) groups is 1. The molecule has 17 heavy (non-hydrogen) atoms. The van der Waals surface area contributed by atoms with Crippen LogP contribution in [0.5, 0.6) is 5.75 Å². The summed E-state index contributed by atoms with van der Waals surface area (Å²) >= 11 is 3.29. The van der Waals surface area contributed by atoms with Gasteiger partial charge in [0.25, 0.3) is 0 Å². The number of para-hydroxylation sites is 1. The standard InChI is InChI=1S/C13H18BrNO2/c1-9(14)13(16)15(3)10(2)11-7-5-6-8-12(11)17-4/h5-10H,1-4H3. The Morgan fingerprint density at radius 2 is 1.94 bits per heavy atom. The van der Waals surface area contributed by atoms with Gasteiger partial charge in [0.2, 0.25) is 5.91 Å². The third-order valence-electron chi connectivity index (χ3n) is 2.86. The fourth-order valence-electron chi connectivity index (χ4n) is 1.69. The summed E-state index contributed by atoms with van der Waals surface area (Å²) in [6.07, 6.45) is 0. The van der Waals surface area contributed by atoms with E-state index in [-0.39, 0.29) is 16.8 Å². The first-order chi connectivity index (χ1) is 7.99. The second-order valence-electron chi connectivity index (χ2n) is 3.98. The van der Waals surface area contributed by atoms with Crippen molar-refractivity contribution in [3.8, 4) is 5.75 Å². The predicted octanol–water partition coefficient (Wildman–Crippen LogP) is 3.00. The molecule has 0 aliphatic rings. The lowest BCUT2D eigenvalue weighted by Crippen LogP contribution is -2.34. The van der Waals surface area contributed by atoms with E-state index in [0.717, 1.165) is 11.3 Å². The number of hydrogen-bond donors (Lipinski definition) is 0. The minimum absolute atomic E-state index is 0.0151. The van der Waals surface area contributed by atoms with Crippen LogP contribution >= 0.6 is 15.9 Å². The lowest BCUT2D eigenvalue weighted by atomic mass is 10.1. The highest BCUT2D eigenvalue weighted by Crippen LogP contribution is 2.28. The molecule has 0 saturated heterocycles. The van der Waals surface area contributed by atoms with Gasteiger partial charge < -0.3 is 9.64 Å². The number of amides is 1. The summed E-state index contributed by atoms with van der Waals surface area (Å²) in [6, 6.07) is 7.74. The molecular weight excluding hydrogens is 282 g/mol. The highest BCUT2D eigenvalue weighted by Gasteiger charge is 2.22. The lowest BCUT2D eigenvalue weighted by molar-refractivity contribution is -0.130. The van der Waals surface area contributed by atoms with E-state index in [9.17, 15) is 4.79 Å². The van der Waals surface area contributed by atoms with Crippen molar-refractivity contribution in [2.75, 3.05) is 14.2 Å². The normalized spacial score (nSPS) is 13.9. The molecule has 0 aliphatic carbocycles. The van der Waals surface area contributed by atoms with Gasteiger partial charge in [-0.25, -0.2) is 0 Å². The molecule has 1 aromatic rings. The molecule has 3 nitrogen and oxygen atoms in total. The van der Waals surface area contributed by atoms with Crippen LogP contribution in [0.25, 0.3) is 0 Å². The number of halogens is 1. The van der Waals surface area contributed by atoms with E-state index in [0.29, 0.717) is 0 Å². The molecule has 4 heteroatoms. The van der Waals surface area contributed by atoms with Gasteiger partial charge in [-0.15, -0.1) is 0 Å². The zero-order chi connectivity index (χ0) is 13.0. The van der Waals surface area contributed by atoms with Crippen molar-refractivity contribution >= 4 is 21.8 Å². The zero-order valence-corrected chi connectivity index (χ0v) is 12.2. The minimum atomic E-state index is -0.176. The topological polar surface area (TPSA) is 29.5 Å². The minimum Gasteiger partial charge on any atom is -0.496 e. The monoisotopic (exact) mass is 299 g/mol. The number of carbonyl (C=O) groups excluding carboxylic acids is 1. The summed E-state index contributed by atoms with van der Waals surface area (Å²) in [4.78, 5) is 13.4. The number of methoxy groups -OCH3 is 1. The smallest absolute Gasteiger partial charge is 0.236 e. The average Bonchev–Trinajstić information content (AvgIpc) is 2.35. The molecule has 0 N–H and O–H groups in total. The van der Waals surface area contributed by atoms with E-state index in [1.54, 1.807) is 19.1 Å². The third kappa shape index (κ3) is 3.22. The SMILES string of the molecule is COc1ccccc1C(C)N(C)C(=O)C(C)Br. The van der Waals surface area contributed by atoms with Gasteiger partial charge in [0.15, 0.2) is 0 Å². The Morgan fingerprint density at radius 1 is 1.35 bits per heavy atom. The molecule has 0 aliphatic heterocycles. The fourth-order valence-corrected chi connectivity index (χ4v) is 2.01. The van der Waals surface area contributed by atoms with Crippen LogP contribution in [0.15, 0.2) is 24.3 Å². The number of hydrogen-bond acceptors (Lipinski definition) is 2. The Labute approximate surface area is 111 Å². The van der Waals surface area contributed by atoms with E-state index >= 15 is 0 Å². The van der Waals surface area contributed by atoms with Crippen molar-refractivity contribution in [3.63, 3.8) is 0 Å². The Morgan fingerprint density at radius 3 is 2.47 bits per heavy atom. The molecule has 0 heterocycles. The molecular formula is C13H18BrNO2. The number of alkyl halides is 1. The molecule has 0 fully saturated rings. The van der Waals surface area contributed by atoms with Crippen LogP contribution in [0.4, 0.5) is 0 Å². The van der Waals surface area contributed by atoms with Gasteiger partial charge in [0.1, 0.15) is 5.75 Å². The Kier molecular flexibility index (Phi) is 5.00. The second-order valence-corrected chi connectivity index (χ2v) is 5.36. The van der Waals surface area contributed by atoms with E-state index in [1.165, 1.54) is 0 Å². The van der Waals surface area contributed by atoms with Crippen LogP contribution in [0.3, 0.4) is 0 Å². The number of ether oxygens (including phenoxy) is 1. The molecule has 0 saturated carbocycles. The second kappa shape index (κ2) is 6.05. The summed E-state index contributed by atoms with van der Waals surface area (Å²) in [6.45, 7) is 3.82. The van der Waals surface area contributed by atoms with Crippen LogP contribution < -0.4 is 4.74 Å². The fraction of sp³-hybridized carbons (Fsp3) is 0.462. The maximum absolute atomic E-state index is 11.9. The van der Waals surface area contributed by atoms with Gasteiger partial charge in [-0.05, 0) is 19.9 Å². The molecule has 2 unspecified atom stereocenters. The van der Waals surface area contributed by atoms with Crippen LogP contribution in [0, 0.1) is 0 Å². The maximum atomic E-state index is 11.9. The van der Waals surface area contributed by atoms with E-state index in [2.05, 4.69) is 15.9 Å². The van der Waals surface area contributed by atoms with Crippen molar-refractivity contribution in [1.29, 1.82) is 0 Å². The highest BCUT2D eigenvalue weighted by molar-refractivity contribution is 9.10. The van der Waals surface area contributed by atoms with E-state index in [4.69, 9.17) is 4.74 Å². The highest BCUT2D eigenvalue weighted by atomic mass is 79.9. The largest absolute Gasteiger partial charge is 0.496 e. The maximum Gasteiger partial charge on any atom is 0.236 e. The first kappa shape index (κ1) is 14.0. The molecule has 1 rings (SSSR count). The van der Waals surface area contributed by atoms with Crippen LogP contribution in [0.2, 0.25) is 0 Å². The van der Waals surface area contributed by atoms with E-state index in [1.807, 2.05) is 38.1 Å². The van der Waals surface area contributed by atoms with Crippen molar-refractivity contribution in [2.24, 2.45) is 0 Å². The number of rotatable bonds is 4. The van der Waals surface area contributed by atoms with Gasteiger partial charge in [0.05, 0.1) is 18.0 Å². The van der Waals surface area contributed by atoms with Gasteiger partial charge in [-0.2, -0.15) is 0 Å². The van der Waals surface area contributed by atoms with E-state index < -0.39 is 0 Å². The molecule has 94 valence electrons. The summed E-state index contributed by atoms with van der Waals surface area (Å²) in [5, 5.41) is 0. The van der Waals surface area contributed by atoms with Gasteiger partial charge in [-0.1, -0.05) is 34.1 Å². The summed E-state index contributed by atoms with van der Waals surface area (Å²) in [7, 11) is 3.44. The van der Waals surface area contributed by atoms with Crippen LogP contribution in [-0.4, -0.2) is 29.8 Å². The molecule has 0 aromatic heterocycles. The Hall–Kier alpha value is -1.03. The molecule has 2 atom stereocenters. The Balaban J connectivity index is 2.96. The first-order valence-corrected chi connectivity index (χ1v) is 6.44. The summed E-state index contributed by atoms with van der Waals surface area (Å²) in [5.41, 5.74) is 1.01. The Bertz CT molecular complexity index is 393. The summed E-state index contributed by atoms with van der Waals surface area (Å²) in [5.74, 6) is 0.866. The number of benzene rings is 1. The van der Waals surface area contributed by atoms with Gasteiger partial charge in [0, 0.05) is 12.6 Å². The zero-order valence-electron chi connectivity index (χ0n) is 10.6. The molecule has 0 spiro atoms. The molecule has 0 radical (unpaired) electrons. The van der Waals surface area contributed by atoms with Crippen molar-refractivity contribution < 1.29 is 9.53 Å².